The normalized spacial score (nSPS) is 24.3. The highest BCUT2D eigenvalue weighted by molar-refractivity contribution is 6.06. The molecule has 2 aliphatic heterocycles. The molecule has 9 heteroatoms. The van der Waals surface area contributed by atoms with E-state index in [2.05, 4.69) is 17.0 Å². The molecular formula is C35H46N2O7. The largest absolute Gasteiger partial charge is 0.459 e. The molecule has 44 heavy (non-hydrogen) atoms. The zero-order valence-corrected chi connectivity index (χ0v) is 25.9. The van der Waals surface area contributed by atoms with Crippen molar-refractivity contribution < 1.29 is 34.1 Å². The van der Waals surface area contributed by atoms with Gasteiger partial charge in [0.05, 0.1) is 31.2 Å². The molecule has 1 aliphatic carbocycles. The van der Waals surface area contributed by atoms with Gasteiger partial charge in [-0.15, -0.1) is 0 Å². The number of carbonyl (C=O) groups is 2. The maximum atomic E-state index is 14.0. The third-order valence-electron chi connectivity index (χ3n) is 9.64. The molecule has 0 radical (unpaired) electrons. The second-order valence-corrected chi connectivity index (χ2v) is 12.3. The number of hydrogen-bond donors (Lipinski definition) is 3. The van der Waals surface area contributed by atoms with Gasteiger partial charge in [-0.1, -0.05) is 42.8 Å². The molecule has 2 fully saturated rings. The van der Waals surface area contributed by atoms with Crippen LogP contribution in [0.25, 0.3) is 6.08 Å². The SMILES string of the molecule is CC/C(=C\c1ccc(CO)o1)CC[C@@H](O)C1=C(COC)C[C@H]2C(=O)N(C3CCN(Cc4ccccc4)CC3)C(=O)[C@H]2[C@H]1CO. The Hall–Kier alpha value is -3.08. The molecule has 1 aromatic carbocycles. The highest BCUT2D eigenvalue weighted by Gasteiger charge is 2.56. The number of likely N-dealkylation sites (tertiary alicyclic amines) is 2. The number of imide groups is 1. The number of benzene rings is 1. The van der Waals surface area contributed by atoms with Crippen LogP contribution in [-0.2, 0) is 27.5 Å². The van der Waals surface area contributed by atoms with Crippen molar-refractivity contribution in [3.8, 4) is 0 Å². The lowest BCUT2D eigenvalue weighted by Gasteiger charge is -2.37. The van der Waals surface area contributed by atoms with Gasteiger partial charge in [0.25, 0.3) is 0 Å². The fourth-order valence-electron chi connectivity index (χ4n) is 7.41. The Labute approximate surface area is 259 Å². The molecule has 238 valence electrons. The van der Waals surface area contributed by atoms with E-state index in [1.54, 1.807) is 13.2 Å². The van der Waals surface area contributed by atoms with Gasteiger partial charge >= 0.3 is 0 Å². The van der Waals surface area contributed by atoms with Gasteiger partial charge in [-0.05, 0) is 73.4 Å². The molecule has 3 N–H and O–H groups in total. The second-order valence-electron chi connectivity index (χ2n) is 12.3. The molecule has 0 bridgehead atoms. The maximum absolute atomic E-state index is 14.0. The van der Waals surface area contributed by atoms with Gasteiger partial charge in [0.15, 0.2) is 0 Å². The molecule has 1 aromatic heterocycles. The molecule has 0 saturated carbocycles. The van der Waals surface area contributed by atoms with E-state index in [0.29, 0.717) is 36.4 Å². The van der Waals surface area contributed by atoms with Crippen molar-refractivity contribution in [2.24, 2.45) is 17.8 Å². The number of carbonyl (C=O) groups excluding carboxylic acids is 2. The summed E-state index contributed by atoms with van der Waals surface area (Å²) in [4.78, 5) is 31.7. The average molecular weight is 607 g/mol. The fraction of sp³-hybridized carbons (Fsp3) is 0.543. The van der Waals surface area contributed by atoms with Crippen molar-refractivity contribution in [2.75, 3.05) is 33.4 Å². The van der Waals surface area contributed by atoms with Crippen molar-refractivity contribution in [1.29, 1.82) is 0 Å². The van der Waals surface area contributed by atoms with Crippen LogP contribution >= 0.6 is 0 Å². The number of methoxy groups -OCH3 is 1. The summed E-state index contributed by atoms with van der Waals surface area (Å²) in [7, 11) is 1.58. The Morgan fingerprint density at radius 1 is 1.09 bits per heavy atom. The molecule has 9 nitrogen and oxygen atoms in total. The number of allylic oxidation sites excluding steroid dienone is 1. The third kappa shape index (κ3) is 6.92. The summed E-state index contributed by atoms with van der Waals surface area (Å²) in [6.45, 7) is 4.24. The van der Waals surface area contributed by atoms with E-state index in [4.69, 9.17) is 9.15 Å². The quantitative estimate of drug-likeness (QED) is 0.232. The molecule has 3 aliphatic rings. The van der Waals surface area contributed by atoms with Crippen LogP contribution in [0.1, 0.15) is 62.5 Å². The molecule has 3 heterocycles. The minimum atomic E-state index is -0.893. The number of hydrogen-bond acceptors (Lipinski definition) is 8. The molecule has 5 rings (SSSR count). The lowest BCUT2D eigenvalue weighted by atomic mass is 9.68. The van der Waals surface area contributed by atoms with Crippen LogP contribution in [0.5, 0.6) is 0 Å². The lowest BCUT2D eigenvalue weighted by Crippen LogP contribution is -2.47. The highest BCUT2D eigenvalue weighted by Crippen LogP contribution is 2.47. The smallest absolute Gasteiger partial charge is 0.234 e. The minimum Gasteiger partial charge on any atom is -0.459 e. The maximum Gasteiger partial charge on any atom is 0.234 e. The number of amides is 2. The molecule has 2 amide bonds. The second kappa shape index (κ2) is 14.8. The monoisotopic (exact) mass is 606 g/mol. The van der Waals surface area contributed by atoms with Crippen molar-refractivity contribution in [3.05, 3.63) is 76.3 Å². The molecule has 4 atom stereocenters. The predicted molar refractivity (Wildman–Crippen MR) is 166 cm³/mol. The van der Waals surface area contributed by atoms with Crippen LogP contribution in [0.4, 0.5) is 0 Å². The van der Waals surface area contributed by atoms with Crippen LogP contribution in [-0.4, -0.2) is 82.5 Å². The number of aliphatic hydroxyl groups excluding tert-OH is 3. The average Bonchev–Trinajstić information content (AvgIpc) is 3.60. The van der Waals surface area contributed by atoms with Crippen molar-refractivity contribution in [3.63, 3.8) is 0 Å². The number of nitrogens with zero attached hydrogens (tertiary/aromatic N) is 2. The van der Waals surface area contributed by atoms with E-state index in [1.165, 1.54) is 10.5 Å². The Morgan fingerprint density at radius 2 is 1.84 bits per heavy atom. The summed E-state index contributed by atoms with van der Waals surface area (Å²) in [6.07, 6.45) is 4.58. The van der Waals surface area contributed by atoms with Gasteiger partial charge < -0.3 is 24.5 Å². The fourth-order valence-corrected chi connectivity index (χ4v) is 7.41. The molecule has 2 saturated heterocycles. The van der Waals surface area contributed by atoms with Crippen molar-refractivity contribution in [2.45, 2.75) is 70.7 Å². The van der Waals surface area contributed by atoms with E-state index in [-0.39, 0.29) is 37.7 Å². The Kier molecular flexibility index (Phi) is 10.9. The van der Waals surface area contributed by atoms with Gasteiger partial charge in [-0.25, -0.2) is 0 Å². The van der Waals surface area contributed by atoms with E-state index in [1.807, 2.05) is 37.3 Å². The van der Waals surface area contributed by atoms with E-state index < -0.39 is 23.9 Å². The standard InChI is InChI=1S/C35H46N2O7/c1-3-23(17-27-10-11-28(20-38)44-27)9-12-31(40)32-25(22-43-2)18-29-33(30(32)21-39)35(42)37(34(29)41)26-13-15-36(16-14-26)19-24-7-5-4-6-8-24/h4-8,10-11,17,26,29-31,33,38-40H,3,9,12-16,18-22H2,1-2H3/b23-17+/t29-,30+,31-,33-/m1/s1. The number of piperidine rings is 1. The third-order valence-corrected chi connectivity index (χ3v) is 9.64. The Balaban J connectivity index is 1.28. The first-order valence-electron chi connectivity index (χ1n) is 15.9. The summed E-state index contributed by atoms with van der Waals surface area (Å²) in [6, 6.07) is 13.7. The number of furan rings is 1. The zero-order valence-electron chi connectivity index (χ0n) is 25.9. The molecular weight excluding hydrogens is 560 g/mol. The van der Waals surface area contributed by atoms with Crippen molar-refractivity contribution >= 4 is 17.9 Å². The van der Waals surface area contributed by atoms with Crippen LogP contribution in [0.15, 0.2) is 63.6 Å². The number of fused-ring (bicyclic) bond motifs is 1. The zero-order chi connectivity index (χ0) is 31.2. The van der Waals surface area contributed by atoms with Crippen LogP contribution < -0.4 is 0 Å². The summed E-state index contributed by atoms with van der Waals surface area (Å²) in [5.74, 6) is -1.09. The van der Waals surface area contributed by atoms with E-state index >= 15 is 0 Å². The van der Waals surface area contributed by atoms with Crippen molar-refractivity contribution in [1.82, 2.24) is 9.80 Å². The Morgan fingerprint density at radius 3 is 2.48 bits per heavy atom. The van der Waals surface area contributed by atoms with E-state index in [9.17, 15) is 24.9 Å². The summed E-state index contributed by atoms with van der Waals surface area (Å²) < 4.78 is 11.1. The van der Waals surface area contributed by atoms with Gasteiger partial charge in [-0.3, -0.25) is 19.4 Å². The van der Waals surface area contributed by atoms with Crippen LogP contribution in [0.3, 0.4) is 0 Å². The first-order valence-corrected chi connectivity index (χ1v) is 15.9. The first-order chi connectivity index (χ1) is 21.4. The van der Waals surface area contributed by atoms with Gasteiger partial charge in [-0.2, -0.15) is 0 Å². The number of rotatable bonds is 13. The minimum absolute atomic E-state index is 0.154. The topological polar surface area (TPSA) is 124 Å². The number of aliphatic hydroxyl groups is 3. The van der Waals surface area contributed by atoms with Crippen LogP contribution in [0.2, 0.25) is 0 Å². The number of ether oxygens (including phenoxy) is 1. The Bertz CT molecular complexity index is 1340. The van der Waals surface area contributed by atoms with Gasteiger partial charge in [0.2, 0.25) is 11.8 Å². The molecule has 2 aromatic rings. The lowest BCUT2D eigenvalue weighted by molar-refractivity contribution is -0.144. The van der Waals surface area contributed by atoms with Crippen LogP contribution in [0, 0.1) is 17.8 Å². The van der Waals surface area contributed by atoms with Gasteiger partial charge in [0, 0.05) is 38.7 Å². The molecule has 0 unspecified atom stereocenters. The first kappa shape index (κ1) is 32.3. The highest BCUT2D eigenvalue weighted by atomic mass is 16.5. The summed E-state index contributed by atoms with van der Waals surface area (Å²) in [5, 5.41) is 31.5. The van der Waals surface area contributed by atoms with E-state index in [0.717, 1.165) is 50.0 Å². The molecule has 0 spiro atoms. The summed E-state index contributed by atoms with van der Waals surface area (Å²) in [5.41, 5.74) is 3.77. The summed E-state index contributed by atoms with van der Waals surface area (Å²) >= 11 is 0. The van der Waals surface area contributed by atoms with Gasteiger partial charge in [0.1, 0.15) is 18.1 Å². The predicted octanol–water partition coefficient (Wildman–Crippen LogP) is 3.93.